The fraction of sp³-hybridized carbons (Fsp3) is 1.00. The van der Waals surface area contributed by atoms with Crippen LogP contribution in [0.2, 0.25) is 0 Å². The van der Waals surface area contributed by atoms with E-state index in [4.69, 9.17) is 0 Å². The van der Waals surface area contributed by atoms with Gasteiger partial charge in [-0.2, -0.15) is 4.31 Å². The zero-order valence-electron chi connectivity index (χ0n) is 11.7. The van der Waals surface area contributed by atoms with Gasteiger partial charge >= 0.3 is 0 Å². The molecule has 0 spiro atoms. The SMILES string of the molecule is CC(C)CCN1CCN(S(C)(=O)=O)C(C)(C)C1. The summed E-state index contributed by atoms with van der Waals surface area (Å²) in [5.74, 6) is 0.700. The van der Waals surface area contributed by atoms with Gasteiger partial charge in [0.25, 0.3) is 0 Å². The van der Waals surface area contributed by atoms with Gasteiger partial charge in [-0.1, -0.05) is 13.8 Å². The van der Waals surface area contributed by atoms with Crippen LogP contribution < -0.4 is 0 Å². The summed E-state index contributed by atoms with van der Waals surface area (Å²) in [5.41, 5.74) is -0.289. The molecule has 102 valence electrons. The van der Waals surface area contributed by atoms with Gasteiger partial charge in [0.05, 0.1) is 6.26 Å². The van der Waals surface area contributed by atoms with Crippen LogP contribution in [0.4, 0.5) is 0 Å². The topological polar surface area (TPSA) is 40.6 Å². The lowest BCUT2D eigenvalue weighted by Gasteiger charge is -2.45. The largest absolute Gasteiger partial charge is 0.300 e. The molecule has 1 aliphatic rings. The first-order chi connectivity index (χ1) is 7.63. The Bertz CT molecular complexity index is 350. The molecule has 1 rings (SSSR count). The Morgan fingerprint density at radius 1 is 1.24 bits per heavy atom. The molecule has 0 bridgehead atoms. The average molecular weight is 262 g/mol. The Morgan fingerprint density at radius 2 is 1.82 bits per heavy atom. The second-order valence-electron chi connectivity index (χ2n) is 6.11. The molecule has 0 radical (unpaired) electrons. The van der Waals surface area contributed by atoms with E-state index in [9.17, 15) is 8.42 Å². The molecule has 0 aliphatic carbocycles. The summed E-state index contributed by atoms with van der Waals surface area (Å²) in [5, 5.41) is 0. The van der Waals surface area contributed by atoms with E-state index >= 15 is 0 Å². The van der Waals surface area contributed by atoms with E-state index in [0.29, 0.717) is 12.5 Å². The van der Waals surface area contributed by atoms with E-state index in [2.05, 4.69) is 18.7 Å². The zero-order chi connectivity index (χ0) is 13.3. The van der Waals surface area contributed by atoms with Gasteiger partial charge in [-0.15, -0.1) is 0 Å². The number of rotatable bonds is 4. The number of sulfonamides is 1. The van der Waals surface area contributed by atoms with Gasteiger partial charge in [-0.25, -0.2) is 8.42 Å². The third kappa shape index (κ3) is 4.23. The Labute approximate surface area is 106 Å². The number of hydrogen-bond acceptors (Lipinski definition) is 3. The Hall–Kier alpha value is -0.130. The van der Waals surface area contributed by atoms with Gasteiger partial charge in [0, 0.05) is 25.2 Å². The third-order valence-corrected chi connectivity index (χ3v) is 4.81. The molecule has 0 saturated carbocycles. The maximum Gasteiger partial charge on any atom is 0.211 e. The Morgan fingerprint density at radius 3 is 2.24 bits per heavy atom. The molecule has 0 atom stereocenters. The summed E-state index contributed by atoms with van der Waals surface area (Å²) >= 11 is 0. The van der Waals surface area contributed by atoms with Crippen LogP contribution in [0, 0.1) is 5.92 Å². The molecular weight excluding hydrogens is 236 g/mol. The monoisotopic (exact) mass is 262 g/mol. The molecule has 0 unspecified atom stereocenters. The van der Waals surface area contributed by atoms with Crippen molar-refractivity contribution in [1.29, 1.82) is 0 Å². The number of nitrogens with zero attached hydrogens (tertiary/aromatic N) is 2. The van der Waals surface area contributed by atoms with Gasteiger partial charge in [0.1, 0.15) is 0 Å². The van der Waals surface area contributed by atoms with E-state index in [1.807, 2.05) is 13.8 Å². The van der Waals surface area contributed by atoms with Crippen molar-refractivity contribution < 1.29 is 8.42 Å². The normalized spacial score (nSPS) is 23.2. The molecule has 5 heteroatoms. The molecule has 0 amide bonds. The molecule has 1 fully saturated rings. The Balaban J connectivity index is 2.63. The van der Waals surface area contributed by atoms with Gasteiger partial charge in [0.2, 0.25) is 10.0 Å². The van der Waals surface area contributed by atoms with Crippen molar-refractivity contribution in [3.63, 3.8) is 0 Å². The van der Waals surface area contributed by atoms with E-state index in [0.717, 1.165) is 19.6 Å². The van der Waals surface area contributed by atoms with E-state index in [-0.39, 0.29) is 5.54 Å². The van der Waals surface area contributed by atoms with Crippen molar-refractivity contribution >= 4 is 10.0 Å². The van der Waals surface area contributed by atoms with Crippen LogP contribution >= 0.6 is 0 Å². The minimum absolute atomic E-state index is 0.289. The maximum atomic E-state index is 11.7. The van der Waals surface area contributed by atoms with Crippen LogP contribution in [0.3, 0.4) is 0 Å². The summed E-state index contributed by atoms with van der Waals surface area (Å²) in [4.78, 5) is 2.38. The van der Waals surface area contributed by atoms with Crippen LogP contribution in [0.25, 0.3) is 0 Å². The highest BCUT2D eigenvalue weighted by Gasteiger charge is 2.38. The first kappa shape index (κ1) is 14.9. The molecule has 0 N–H and O–H groups in total. The standard InChI is InChI=1S/C12H26N2O2S/c1-11(2)6-7-13-8-9-14(17(5,15)16)12(3,4)10-13/h11H,6-10H2,1-5H3. The van der Waals surface area contributed by atoms with Crippen molar-refractivity contribution in [2.24, 2.45) is 5.92 Å². The highest BCUT2D eigenvalue weighted by Crippen LogP contribution is 2.23. The lowest BCUT2D eigenvalue weighted by molar-refractivity contribution is 0.0789. The van der Waals surface area contributed by atoms with Crippen LogP contribution in [0.5, 0.6) is 0 Å². The van der Waals surface area contributed by atoms with E-state index < -0.39 is 10.0 Å². The van der Waals surface area contributed by atoms with Crippen molar-refractivity contribution in [1.82, 2.24) is 9.21 Å². The minimum atomic E-state index is -3.08. The van der Waals surface area contributed by atoms with Crippen molar-refractivity contribution in [2.75, 3.05) is 32.4 Å². The van der Waals surface area contributed by atoms with Crippen molar-refractivity contribution in [3.05, 3.63) is 0 Å². The van der Waals surface area contributed by atoms with E-state index in [1.54, 1.807) is 4.31 Å². The van der Waals surface area contributed by atoms with Gasteiger partial charge in [0.15, 0.2) is 0 Å². The lowest BCUT2D eigenvalue weighted by atomic mass is 10.0. The molecule has 0 aromatic rings. The van der Waals surface area contributed by atoms with Crippen LogP contribution in [0.15, 0.2) is 0 Å². The zero-order valence-corrected chi connectivity index (χ0v) is 12.5. The highest BCUT2D eigenvalue weighted by molar-refractivity contribution is 7.88. The predicted molar refractivity (Wildman–Crippen MR) is 71.5 cm³/mol. The third-order valence-electron chi connectivity index (χ3n) is 3.33. The van der Waals surface area contributed by atoms with Gasteiger partial charge < -0.3 is 4.90 Å². The summed E-state index contributed by atoms with van der Waals surface area (Å²) in [7, 11) is -3.08. The molecular formula is C12H26N2O2S. The van der Waals surface area contributed by atoms with Crippen molar-refractivity contribution in [3.8, 4) is 0 Å². The minimum Gasteiger partial charge on any atom is -0.300 e. The summed E-state index contributed by atoms with van der Waals surface area (Å²) < 4.78 is 25.0. The average Bonchev–Trinajstić information content (AvgIpc) is 2.10. The summed E-state index contributed by atoms with van der Waals surface area (Å²) in [6.45, 7) is 11.8. The lowest BCUT2D eigenvalue weighted by Crippen LogP contribution is -2.60. The highest BCUT2D eigenvalue weighted by atomic mass is 32.2. The van der Waals surface area contributed by atoms with Crippen LogP contribution in [0.1, 0.15) is 34.1 Å². The molecule has 4 nitrogen and oxygen atoms in total. The maximum absolute atomic E-state index is 11.7. The molecule has 17 heavy (non-hydrogen) atoms. The first-order valence-corrected chi connectivity index (χ1v) is 8.18. The first-order valence-electron chi connectivity index (χ1n) is 6.33. The van der Waals surface area contributed by atoms with Crippen molar-refractivity contribution in [2.45, 2.75) is 39.7 Å². The molecule has 1 aliphatic heterocycles. The van der Waals surface area contributed by atoms with E-state index in [1.165, 1.54) is 12.7 Å². The molecule has 1 heterocycles. The van der Waals surface area contributed by atoms with Gasteiger partial charge in [-0.05, 0) is 32.7 Å². The second-order valence-corrected chi connectivity index (χ2v) is 8.01. The van der Waals surface area contributed by atoms with Crippen LogP contribution in [-0.4, -0.2) is 55.6 Å². The quantitative estimate of drug-likeness (QED) is 0.769. The summed E-state index contributed by atoms with van der Waals surface area (Å²) in [6, 6.07) is 0. The number of hydrogen-bond donors (Lipinski definition) is 0. The summed E-state index contributed by atoms with van der Waals surface area (Å²) in [6.07, 6.45) is 2.48. The Kier molecular flexibility index (Phi) is 4.60. The number of piperazine rings is 1. The van der Waals surface area contributed by atoms with Crippen LogP contribution in [-0.2, 0) is 10.0 Å². The molecule has 0 aromatic carbocycles. The fourth-order valence-electron chi connectivity index (χ4n) is 2.49. The fourth-order valence-corrected chi connectivity index (χ4v) is 3.86. The van der Waals surface area contributed by atoms with Gasteiger partial charge in [-0.3, -0.25) is 0 Å². The predicted octanol–water partition coefficient (Wildman–Crippen LogP) is 1.39. The molecule has 0 aromatic heterocycles. The second kappa shape index (κ2) is 5.24. The smallest absolute Gasteiger partial charge is 0.211 e. The molecule has 1 saturated heterocycles.